The van der Waals surface area contributed by atoms with Gasteiger partial charge in [0.25, 0.3) is 0 Å². The first kappa shape index (κ1) is 17.6. The lowest BCUT2D eigenvalue weighted by Gasteiger charge is -2.18. The van der Waals surface area contributed by atoms with Gasteiger partial charge in [0.2, 0.25) is 5.95 Å². The van der Waals surface area contributed by atoms with Gasteiger partial charge < -0.3 is 5.73 Å². The van der Waals surface area contributed by atoms with Gasteiger partial charge >= 0.3 is 0 Å². The molecule has 0 bridgehead atoms. The van der Waals surface area contributed by atoms with Crippen LogP contribution in [0, 0.1) is 0 Å². The first-order chi connectivity index (χ1) is 14.2. The van der Waals surface area contributed by atoms with Crippen molar-refractivity contribution in [2.24, 2.45) is 0 Å². The molecule has 0 amide bonds. The van der Waals surface area contributed by atoms with E-state index in [0.717, 1.165) is 27.7 Å². The standard InChI is InChI=1S/C24H17BrN4/c25-29(20-8-2-1-3-9-20)23-21-15-19(12-13-22(21)27-24(26)28-23)18-11-10-16-6-4-5-7-17(16)14-18/h1-15H,(H2,26,27,28). The Morgan fingerprint density at radius 2 is 1.38 bits per heavy atom. The predicted molar refractivity (Wildman–Crippen MR) is 124 cm³/mol. The van der Waals surface area contributed by atoms with Crippen LogP contribution in [0.4, 0.5) is 17.5 Å². The Morgan fingerprint density at radius 3 is 2.21 bits per heavy atom. The fourth-order valence-corrected chi connectivity index (χ4v) is 4.02. The summed E-state index contributed by atoms with van der Waals surface area (Å²) in [6.07, 6.45) is 0. The molecule has 4 nitrogen and oxygen atoms in total. The highest BCUT2D eigenvalue weighted by atomic mass is 79.9. The molecule has 1 aromatic heterocycles. The maximum Gasteiger partial charge on any atom is 0.222 e. The number of hydrogen-bond acceptors (Lipinski definition) is 4. The van der Waals surface area contributed by atoms with Gasteiger partial charge in [0.15, 0.2) is 5.82 Å². The third-order valence-electron chi connectivity index (χ3n) is 4.94. The number of fused-ring (bicyclic) bond motifs is 2. The Hall–Kier alpha value is -3.44. The Morgan fingerprint density at radius 1 is 0.690 bits per heavy atom. The van der Waals surface area contributed by atoms with E-state index >= 15 is 0 Å². The van der Waals surface area contributed by atoms with Gasteiger partial charge in [-0.05, 0) is 52.2 Å². The van der Waals surface area contributed by atoms with Crippen molar-refractivity contribution in [2.45, 2.75) is 0 Å². The Labute approximate surface area is 177 Å². The van der Waals surface area contributed by atoms with Gasteiger partial charge in [0, 0.05) is 5.39 Å². The molecule has 0 saturated carbocycles. The molecule has 0 unspecified atom stereocenters. The number of para-hydroxylation sites is 1. The van der Waals surface area contributed by atoms with Crippen LogP contribution in [0.5, 0.6) is 0 Å². The minimum Gasteiger partial charge on any atom is -0.368 e. The SMILES string of the molecule is Nc1nc(N(Br)c2ccccc2)c2cc(-c3ccc4ccccc4c3)ccc2n1. The highest BCUT2D eigenvalue weighted by Crippen LogP contribution is 2.35. The first-order valence-corrected chi connectivity index (χ1v) is 9.97. The van der Waals surface area contributed by atoms with Crippen molar-refractivity contribution < 1.29 is 0 Å². The van der Waals surface area contributed by atoms with Gasteiger partial charge in [0.05, 0.1) is 27.4 Å². The van der Waals surface area contributed by atoms with Crippen LogP contribution in [0.15, 0.2) is 91.0 Å². The summed E-state index contributed by atoms with van der Waals surface area (Å²) < 4.78 is 1.86. The van der Waals surface area contributed by atoms with Crippen LogP contribution in [-0.4, -0.2) is 9.97 Å². The van der Waals surface area contributed by atoms with Crippen molar-refractivity contribution in [3.05, 3.63) is 91.0 Å². The zero-order valence-corrected chi connectivity index (χ0v) is 17.0. The lowest BCUT2D eigenvalue weighted by molar-refractivity contribution is 1.21. The Balaban J connectivity index is 1.68. The zero-order chi connectivity index (χ0) is 19.8. The number of benzene rings is 4. The van der Waals surface area contributed by atoms with Crippen LogP contribution in [0.3, 0.4) is 0 Å². The van der Waals surface area contributed by atoms with Crippen molar-refractivity contribution in [3.63, 3.8) is 0 Å². The van der Waals surface area contributed by atoms with E-state index in [0.29, 0.717) is 5.82 Å². The van der Waals surface area contributed by atoms with E-state index in [1.807, 2.05) is 40.3 Å². The van der Waals surface area contributed by atoms with Crippen LogP contribution < -0.4 is 9.66 Å². The predicted octanol–water partition coefficient (Wildman–Crippen LogP) is 6.48. The summed E-state index contributed by atoms with van der Waals surface area (Å²) in [5, 5.41) is 3.36. The number of rotatable bonds is 3. The summed E-state index contributed by atoms with van der Waals surface area (Å²) in [4.78, 5) is 8.92. The lowest BCUT2D eigenvalue weighted by Crippen LogP contribution is -2.07. The topological polar surface area (TPSA) is 55.0 Å². The van der Waals surface area contributed by atoms with Gasteiger partial charge in [-0.15, -0.1) is 0 Å². The fraction of sp³-hybridized carbons (Fsp3) is 0. The van der Waals surface area contributed by atoms with Crippen molar-refractivity contribution in [2.75, 3.05) is 9.66 Å². The summed E-state index contributed by atoms with van der Waals surface area (Å²) in [7, 11) is 0. The maximum atomic E-state index is 5.98. The number of nitrogens with two attached hydrogens (primary N) is 1. The molecule has 0 radical (unpaired) electrons. The fourth-order valence-electron chi connectivity index (χ4n) is 3.51. The highest BCUT2D eigenvalue weighted by Gasteiger charge is 2.15. The summed E-state index contributed by atoms with van der Waals surface area (Å²) in [6, 6.07) is 31.0. The van der Waals surface area contributed by atoms with Crippen LogP contribution in [0.2, 0.25) is 0 Å². The van der Waals surface area contributed by atoms with Crippen molar-refractivity contribution in [1.29, 1.82) is 0 Å². The van der Waals surface area contributed by atoms with Crippen molar-refractivity contribution in [1.82, 2.24) is 9.97 Å². The number of anilines is 3. The molecule has 29 heavy (non-hydrogen) atoms. The van der Waals surface area contributed by atoms with Gasteiger partial charge in [-0.2, -0.15) is 4.98 Å². The summed E-state index contributed by atoms with van der Waals surface area (Å²) >= 11 is 3.65. The molecule has 4 aromatic carbocycles. The molecule has 1 heterocycles. The average molecular weight is 441 g/mol. The smallest absolute Gasteiger partial charge is 0.222 e. The van der Waals surface area contributed by atoms with E-state index in [-0.39, 0.29) is 5.95 Å². The third-order valence-corrected chi connectivity index (χ3v) is 5.69. The highest BCUT2D eigenvalue weighted by molar-refractivity contribution is 9.10. The molecule has 2 N–H and O–H groups in total. The van der Waals surface area contributed by atoms with E-state index < -0.39 is 0 Å². The molecule has 5 aromatic rings. The van der Waals surface area contributed by atoms with Crippen LogP contribution in [0.1, 0.15) is 0 Å². The molecule has 5 rings (SSSR count). The van der Waals surface area contributed by atoms with Crippen molar-refractivity contribution >= 4 is 55.3 Å². The van der Waals surface area contributed by atoms with E-state index in [1.165, 1.54) is 10.8 Å². The number of nitrogen functional groups attached to an aromatic ring is 1. The number of aromatic nitrogens is 2. The minimum absolute atomic E-state index is 0.242. The molecular formula is C24H17BrN4. The molecule has 0 aliphatic carbocycles. The minimum atomic E-state index is 0.242. The van der Waals surface area contributed by atoms with Crippen LogP contribution in [0.25, 0.3) is 32.8 Å². The van der Waals surface area contributed by atoms with E-state index in [1.54, 1.807) is 0 Å². The quantitative estimate of drug-likeness (QED) is 0.326. The molecule has 0 spiro atoms. The van der Waals surface area contributed by atoms with Crippen LogP contribution >= 0.6 is 16.1 Å². The lowest BCUT2D eigenvalue weighted by atomic mass is 10.00. The number of halogens is 1. The molecule has 0 fully saturated rings. The Bertz CT molecular complexity index is 1340. The monoisotopic (exact) mass is 440 g/mol. The largest absolute Gasteiger partial charge is 0.368 e. The summed E-state index contributed by atoms with van der Waals surface area (Å²) in [5.41, 5.74) is 10.00. The molecule has 140 valence electrons. The van der Waals surface area contributed by atoms with Crippen molar-refractivity contribution in [3.8, 4) is 11.1 Å². The first-order valence-electron chi connectivity index (χ1n) is 9.26. The molecule has 0 atom stereocenters. The van der Waals surface area contributed by atoms with E-state index in [2.05, 4.69) is 80.7 Å². The van der Waals surface area contributed by atoms with Gasteiger partial charge in [-0.3, -0.25) is 3.93 Å². The van der Waals surface area contributed by atoms with Crippen LogP contribution in [-0.2, 0) is 0 Å². The normalized spacial score (nSPS) is 11.1. The zero-order valence-electron chi connectivity index (χ0n) is 15.5. The number of hydrogen-bond donors (Lipinski definition) is 1. The van der Waals surface area contributed by atoms with E-state index in [4.69, 9.17) is 5.73 Å². The van der Waals surface area contributed by atoms with Gasteiger partial charge in [0.1, 0.15) is 0 Å². The molecule has 0 saturated heterocycles. The Kier molecular flexibility index (Phi) is 4.37. The second kappa shape index (κ2) is 7.18. The van der Waals surface area contributed by atoms with Gasteiger partial charge in [-0.25, -0.2) is 4.98 Å². The summed E-state index contributed by atoms with van der Waals surface area (Å²) in [5.74, 6) is 0.952. The molecule has 5 heteroatoms. The van der Waals surface area contributed by atoms with E-state index in [9.17, 15) is 0 Å². The third kappa shape index (κ3) is 3.30. The molecule has 0 aliphatic heterocycles. The second-order valence-electron chi connectivity index (χ2n) is 6.82. The average Bonchev–Trinajstić information content (AvgIpc) is 2.78. The second-order valence-corrected chi connectivity index (χ2v) is 7.52. The number of nitrogens with zero attached hydrogens (tertiary/aromatic N) is 3. The molecular weight excluding hydrogens is 424 g/mol. The summed E-state index contributed by atoms with van der Waals surface area (Å²) in [6.45, 7) is 0. The molecule has 0 aliphatic rings. The van der Waals surface area contributed by atoms with Gasteiger partial charge in [-0.1, -0.05) is 60.7 Å². The maximum absolute atomic E-state index is 5.98.